The normalized spacial score (nSPS) is 12.6. The number of nitrogens with two attached hydrogens (primary N) is 1. The van der Waals surface area contributed by atoms with Crippen LogP contribution in [-0.2, 0) is 19.9 Å². The minimum atomic E-state index is -3.81. The number of rotatable bonds is 6. The minimum Gasteiger partial charge on any atom is -0.397 e. The number of sulfonamides is 1. The van der Waals surface area contributed by atoms with Gasteiger partial charge in [-0.25, -0.2) is 21.6 Å². The summed E-state index contributed by atoms with van der Waals surface area (Å²) in [7, 11) is -7.04. The Morgan fingerprint density at radius 2 is 1.85 bits per heavy atom. The molecule has 0 heterocycles. The first-order chi connectivity index (χ1) is 9.09. The first-order valence-electron chi connectivity index (χ1n) is 5.85. The van der Waals surface area contributed by atoms with Crippen molar-refractivity contribution in [1.82, 2.24) is 4.72 Å². The van der Waals surface area contributed by atoms with Crippen LogP contribution < -0.4 is 10.5 Å². The van der Waals surface area contributed by atoms with E-state index in [4.69, 9.17) is 17.3 Å². The van der Waals surface area contributed by atoms with Crippen LogP contribution in [0, 0.1) is 6.92 Å². The zero-order valence-corrected chi connectivity index (χ0v) is 13.6. The van der Waals surface area contributed by atoms with Crippen molar-refractivity contribution in [3.63, 3.8) is 0 Å². The number of sulfone groups is 1. The molecule has 20 heavy (non-hydrogen) atoms. The minimum absolute atomic E-state index is 0.00621. The second-order valence-corrected chi connectivity index (χ2v) is 8.89. The van der Waals surface area contributed by atoms with Crippen LogP contribution in [0.2, 0.25) is 5.02 Å². The lowest BCUT2D eigenvalue weighted by Crippen LogP contribution is -2.30. The molecule has 1 rings (SSSR count). The molecule has 0 aromatic heterocycles. The molecule has 0 spiro atoms. The van der Waals surface area contributed by atoms with Gasteiger partial charge in [0.15, 0.2) is 9.84 Å². The lowest BCUT2D eigenvalue weighted by Gasteiger charge is -2.11. The molecule has 0 aliphatic heterocycles. The van der Waals surface area contributed by atoms with Crippen LogP contribution in [0.1, 0.15) is 12.5 Å². The first-order valence-corrected chi connectivity index (χ1v) is 9.53. The van der Waals surface area contributed by atoms with Crippen LogP contribution in [-0.4, -0.2) is 34.9 Å². The number of hydrogen-bond donors (Lipinski definition) is 2. The van der Waals surface area contributed by atoms with Gasteiger partial charge in [-0.2, -0.15) is 0 Å². The summed E-state index contributed by atoms with van der Waals surface area (Å²) in [5.74, 6) is -0.271. The monoisotopic (exact) mass is 340 g/mol. The molecule has 0 bridgehead atoms. The van der Waals surface area contributed by atoms with Crippen molar-refractivity contribution in [1.29, 1.82) is 0 Å². The maximum Gasteiger partial charge on any atom is 0.240 e. The predicted octanol–water partition coefficient (Wildman–Crippen LogP) is 0.944. The van der Waals surface area contributed by atoms with E-state index in [9.17, 15) is 16.8 Å². The Labute approximate surface area is 124 Å². The highest BCUT2D eigenvalue weighted by atomic mass is 35.5. The average molecular weight is 341 g/mol. The number of aryl methyl sites for hydroxylation is 1. The molecule has 0 atom stereocenters. The fourth-order valence-electron chi connectivity index (χ4n) is 1.51. The molecule has 0 unspecified atom stereocenters. The molecule has 0 radical (unpaired) electrons. The van der Waals surface area contributed by atoms with Gasteiger partial charge in [-0.15, -0.1) is 0 Å². The van der Waals surface area contributed by atoms with E-state index in [1.54, 1.807) is 6.92 Å². The van der Waals surface area contributed by atoms with Gasteiger partial charge in [-0.05, 0) is 24.6 Å². The Bertz CT molecular complexity index is 699. The number of nitrogen functional groups attached to an aromatic ring is 1. The molecule has 0 aliphatic rings. The average Bonchev–Trinajstić information content (AvgIpc) is 2.33. The largest absolute Gasteiger partial charge is 0.397 e. The molecule has 1 aromatic carbocycles. The van der Waals surface area contributed by atoms with E-state index >= 15 is 0 Å². The van der Waals surface area contributed by atoms with E-state index in [1.165, 1.54) is 19.1 Å². The fraction of sp³-hybridized carbons (Fsp3) is 0.455. The van der Waals surface area contributed by atoms with E-state index < -0.39 is 19.9 Å². The number of nitrogens with one attached hydrogen (secondary N) is 1. The second kappa shape index (κ2) is 6.30. The maximum absolute atomic E-state index is 12.1. The number of anilines is 1. The summed E-state index contributed by atoms with van der Waals surface area (Å²) in [6, 6.07) is 2.71. The van der Waals surface area contributed by atoms with Crippen LogP contribution in [0.25, 0.3) is 0 Å². The topological polar surface area (TPSA) is 106 Å². The predicted molar refractivity (Wildman–Crippen MR) is 80.1 cm³/mol. The Morgan fingerprint density at radius 3 is 2.40 bits per heavy atom. The SMILES string of the molecule is CCS(=O)(=O)CCNS(=O)(=O)c1cc(N)c(Cl)cc1C. The molecule has 0 amide bonds. The van der Waals surface area contributed by atoms with Gasteiger partial charge < -0.3 is 5.73 Å². The van der Waals surface area contributed by atoms with Crippen molar-refractivity contribution in [3.05, 3.63) is 22.7 Å². The van der Waals surface area contributed by atoms with E-state index in [0.29, 0.717) is 5.56 Å². The van der Waals surface area contributed by atoms with Crippen molar-refractivity contribution in [2.24, 2.45) is 0 Å². The third-order valence-electron chi connectivity index (χ3n) is 2.73. The third kappa shape index (κ3) is 4.34. The highest BCUT2D eigenvalue weighted by Crippen LogP contribution is 2.25. The Balaban J connectivity index is 2.93. The standard InChI is InChI=1S/C11H17ClN2O4S2/c1-3-19(15,16)5-4-14-20(17,18)11-7-10(13)9(12)6-8(11)2/h6-7,14H,3-5,13H2,1-2H3. The van der Waals surface area contributed by atoms with Crippen molar-refractivity contribution in [2.45, 2.75) is 18.7 Å². The lowest BCUT2D eigenvalue weighted by atomic mass is 10.2. The molecule has 0 fully saturated rings. The number of hydrogen-bond acceptors (Lipinski definition) is 5. The first kappa shape index (κ1) is 17.2. The maximum atomic E-state index is 12.1. The van der Waals surface area contributed by atoms with Gasteiger partial charge >= 0.3 is 0 Å². The van der Waals surface area contributed by atoms with Gasteiger partial charge in [0.2, 0.25) is 10.0 Å². The Hall–Kier alpha value is -0.830. The zero-order valence-electron chi connectivity index (χ0n) is 11.2. The summed E-state index contributed by atoms with van der Waals surface area (Å²) in [6.45, 7) is 2.91. The highest BCUT2D eigenvalue weighted by Gasteiger charge is 2.19. The van der Waals surface area contributed by atoms with E-state index in [0.717, 1.165) is 0 Å². The molecule has 0 saturated heterocycles. The third-order valence-corrected chi connectivity index (χ3v) is 6.36. The molecular formula is C11H17ClN2O4S2. The van der Waals surface area contributed by atoms with Gasteiger partial charge in [0.05, 0.1) is 21.4 Å². The highest BCUT2D eigenvalue weighted by molar-refractivity contribution is 7.91. The molecule has 6 nitrogen and oxygen atoms in total. The molecule has 3 N–H and O–H groups in total. The smallest absolute Gasteiger partial charge is 0.240 e. The molecule has 9 heteroatoms. The summed E-state index contributed by atoms with van der Waals surface area (Å²) in [5, 5.41) is 0.273. The van der Waals surface area contributed by atoms with Crippen molar-refractivity contribution >= 4 is 37.1 Å². The summed E-state index contributed by atoms with van der Waals surface area (Å²) in [6.07, 6.45) is 0. The van der Waals surface area contributed by atoms with E-state index in [-0.39, 0.29) is 33.7 Å². The van der Waals surface area contributed by atoms with Crippen molar-refractivity contribution in [3.8, 4) is 0 Å². The van der Waals surface area contributed by atoms with Gasteiger partial charge in [0.1, 0.15) is 0 Å². The Morgan fingerprint density at radius 1 is 1.25 bits per heavy atom. The van der Waals surface area contributed by atoms with Crippen LogP contribution in [0.4, 0.5) is 5.69 Å². The van der Waals surface area contributed by atoms with Crippen molar-refractivity contribution in [2.75, 3.05) is 23.8 Å². The van der Waals surface area contributed by atoms with E-state index in [2.05, 4.69) is 4.72 Å². The summed E-state index contributed by atoms with van der Waals surface area (Å²) in [5.41, 5.74) is 6.18. The molecular weight excluding hydrogens is 324 g/mol. The van der Waals surface area contributed by atoms with Crippen LogP contribution >= 0.6 is 11.6 Å². The summed E-state index contributed by atoms with van der Waals surface area (Å²) in [4.78, 5) is -0.00621. The summed E-state index contributed by atoms with van der Waals surface area (Å²) < 4.78 is 49.1. The fourth-order valence-corrected chi connectivity index (χ4v) is 3.85. The van der Waals surface area contributed by atoms with Crippen LogP contribution in [0.15, 0.2) is 17.0 Å². The Kier molecular flexibility index (Phi) is 5.42. The van der Waals surface area contributed by atoms with E-state index in [1.807, 2.05) is 0 Å². The van der Waals surface area contributed by atoms with Gasteiger partial charge in [0, 0.05) is 12.3 Å². The van der Waals surface area contributed by atoms with Gasteiger partial charge in [0.25, 0.3) is 0 Å². The quantitative estimate of drug-likeness (QED) is 0.750. The second-order valence-electron chi connectivity index (χ2n) is 4.27. The zero-order chi connectivity index (χ0) is 15.6. The lowest BCUT2D eigenvalue weighted by molar-refractivity contribution is 0.580. The van der Waals surface area contributed by atoms with Crippen LogP contribution in [0.3, 0.4) is 0 Å². The molecule has 0 saturated carbocycles. The van der Waals surface area contributed by atoms with Gasteiger partial charge in [-0.3, -0.25) is 0 Å². The summed E-state index contributed by atoms with van der Waals surface area (Å²) >= 11 is 5.80. The molecule has 1 aromatic rings. The molecule has 114 valence electrons. The van der Waals surface area contributed by atoms with Crippen LogP contribution in [0.5, 0.6) is 0 Å². The number of benzene rings is 1. The molecule has 0 aliphatic carbocycles. The van der Waals surface area contributed by atoms with Gasteiger partial charge in [-0.1, -0.05) is 18.5 Å². The van der Waals surface area contributed by atoms with Crippen molar-refractivity contribution < 1.29 is 16.8 Å². The number of halogens is 1.